The molecule has 0 atom stereocenters. The number of furan rings is 1. The summed E-state index contributed by atoms with van der Waals surface area (Å²) in [6, 6.07) is 10.2. The fourth-order valence-electron chi connectivity index (χ4n) is 1.90. The Morgan fingerprint density at radius 1 is 1.22 bits per heavy atom. The number of rotatable bonds is 5. The van der Waals surface area contributed by atoms with E-state index in [-0.39, 0.29) is 12.3 Å². The quantitative estimate of drug-likeness (QED) is 0.699. The van der Waals surface area contributed by atoms with Crippen LogP contribution < -0.4 is 0 Å². The van der Waals surface area contributed by atoms with E-state index < -0.39 is 18.6 Å². The van der Waals surface area contributed by atoms with E-state index in [9.17, 15) is 18.0 Å². The van der Waals surface area contributed by atoms with Crippen molar-refractivity contribution in [3.63, 3.8) is 0 Å². The number of hydrogen-bond donors (Lipinski definition) is 0. The van der Waals surface area contributed by atoms with Gasteiger partial charge >= 0.3 is 6.18 Å². The van der Waals surface area contributed by atoms with Crippen LogP contribution in [0.5, 0.6) is 0 Å². The van der Waals surface area contributed by atoms with E-state index in [1.807, 2.05) is 0 Å². The standard InChI is InChI=1S/C16H13BrF3NO2/c17-14-6-2-1-4-12(14)7-8-15(22)21(11-16(18,19)20)10-13-5-3-9-23-13/h1-9H,10-11H2/b8-7+. The van der Waals surface area contributed by atoms with Gasteiger partial charge < -0.3 is 9.32 Å². The van der Waals surface area contributed by atoms with Crippen molar-refractivity contribution < 1.29 is 22.4 Å². The van der Waals surface area contributed by atoms with Gasteiger partial charge in [0, 0.05) is 10.5 Å². The molecule has 0 aliphatic rings. The van der Waals surface area contributed by atoms with Gasteiger partial charge in [-0.05, 0) is 29.8 Å². The molecule has 1 aromatic carbocycles. The van der Waals surface area contributed by atoms with Crippen LogP contribution >= 0.6 is 15.9 Å². The summed E-state index contributed by atoms with van der Waals surface area (Å²) in [6.07, 6.45) is -0.543. The molecule has 0 bridgehead atoms. The van der Waals surface area contributed by atoms with Crippen LogP contribution in [0.1, 0.15) is 11.3 Å². The molecule has 0 aliphatic heterocycles. The molecule has 3 nitrogen and oxygen atoms in total. The number of nitrogens with zero attached hydrogens (tertiary/aromatic N) is 1. The molecule has 0 saturated heterocycles. The van der Waals surface area contributed by atoms with E-state index in [1.165, 1.54) is 18.4 Å². The van der Waals surface area contributed by atoms with Crippen LogP contribution in [0.2, 0.25) is 0 Å². The topological polar surface area (TPSA) is 33.5 Å². The van der Waals surface area contributed by atoms with Gasteiger partial charge in [0.2, 0.25) is 5.91 Å². The van der Waals surface area contributed by atoms with E-state index >= 15 is 0 Å². The van der Waals surface area contributed by atoms with Gasteiger partial charge in [-0.1, -0.05) is 34.1 Å². The molecule has 0 spiro atoms. The second-order valence-electron chi connectivity index (χ2n) is 4.74. The third kappa shape index (κ3) is 5.59. The van der Waals surface area contributed by atoms with Crippen LogP contribution in [0.15, 0.2) is 57.6 Å². The molecule has 1 heterocycles. The molecular formula is C16H13BrF3NO2. The molecule has 0 radical (unpaired) electrons. The summed E-state index contributed by atoms with van der Waals surface area (Å²) in [5.41, 5.74) is 0.700. The second-order valence-corrected chi connectivity index (χ2v) is 5.60. The fraction of sp³-hybridized carbons (Fsp3) is 0.188. The van der Waals surface area contributed by atoms with E-state index in [0.29, 0.717) is 10.5 Å². The molecule has 122 valence electrons. The normalized spacial score (nSPS) is 11.8. The summed E-state index contributed by atoms with van der Waals surface area (Å²) >= 11 is 3.31. The first-order valence-corrected chi connectivity index (χ1v) is 7.45. The van der Waals surface area contributed by atoms with E-state index in [1.54, 1.807) is 30.3 Å². The molecular weight excluding hydrogens is 375 g/mol. The van der Waals surface area contributed by atoms with Crippen molar-refractivity contribution in [2.45, 2.75) is 12.7 Å². The maximum Gasteiger partial charge on any atom is 0.406 e. The third-order valence-electron chi connectivity index (χ3n) is 2.92. The Labute approximate surface area is 139 Å². The van der Waals surface area contributed by atoms with Crippen LogP contribution in [-0.4, -0.2) is 23.5 Å². The average Bonchev–Trinajstić information content (AvgIpc) is 2.97. The Balaban J connectivity index is 2.14. The number of halogens is 4. The van der Waals surface area contributed by atoms with Crippen molar-refractivity contribution in [1.82, 2.24) is 4.90 Å². The maximum absolute atomic E-state index is 12.7. The molecule has 0 aliphatic carbocycles. The van der Waals surface area contributed by atoms with Crippen LogP contribution in [0.4, 0.5) is 13.2 Å². The molecule has 23 heavy (non-hydrogen) atoms. The Bertz CT molecular complexity index is 681. The van der Waals surface area contributed by atoms with Crippen LogP contribution in [0.3, 0.4) is 0 Å². The van der Waals surface area contributed by atoms with Gasteiger partial charge in [0.15, 0.2) is 0 Å². The van der Waals surface area contributed by atoms with E-state index in [0.717, 1.165) is 10.5 Å². The highest BCUT2D eigenvalue weighted by atomic mass is 79.9. The highest BCUT2D eigenvalue weighted by Gasteiger charge is 2.32. The highest BCUT2D eigenvalue weighted by molar-refractivity contribution is 9.10. The zero-order chi connectivity index (χ0) is 16.9. The van der Waals surface area contributed by atoms with Crippen molar-refractivity contribution in [2.24, 2.45) is 0 Å². The first-order chi connectivity index (χ1) is 10.8. The highest BCUT2D eigenvalue weighted by Crippen LogP contribution is 2.20. The second kappa shape index (κ2) is 7.50. The van der Waals surface area contributed by atoms with Gasteiger partial charge in [0.25, 0.3) is 0 Å². The zero-order valence-electron chi connectivity index (χ0n) is 11.9. The number of benzene rings is 1. The lowest BCUT2D eigenvalue weighted by atomic mass is 10.2. The van der Waals surface area contributed by atoms with Gasteiger partial charge in [-0.15, -0.1) is 0 Å². The van der Waals surface area contributed by atoms with Crippen LogP contribution in [-0.2, 0) is 11.3 Å². The number of hydrogen-bond acceptors (Lipinski definition) is 2. The minimum Gasteiger partial charge on any atom is -0.467 e. The lowest BCUT2D eigenvalue weighted by molar-refractivity contribution is -0.159. The maximum atomic E-state index is 12.7. The largest absolute Gasteiger partial charge is 0.467 e. The molecule has 7 heteroatoms. The van der Waals surface area contributed by atoms with Crippen molar-refractivity contribution in [3.05, 3.63) is 64.5 Å². The van der Waals surface area contributed by atoms with Crippen molar-refractivity contribution >= 4 is 27.9 Å². The van der Waals surface area contributed by atoms with Gasteiger partial charge in [-0.3, -0.25) is 4.79 Å². The summed E-state index contributed by atoms with van der Waals surface area (Å²) in [7, 11) is 0. The minimum absolute atomic E-state index is 0.244. The number of amides is 1. The predicted molar refractivity (Wildman–Crippen MR) is 83.4 cm³/mol. The average molecular weight is 388 g/mol. The Kier molecular flexibility index (Phi) is 5.65. The zero-order valence-corrected chi connectivity index (χ0v) is 13.5. The Morgan fingerprint density at radius 2 is 1.96 bits per heavy atom. The van der Waals surface area contributed by atoms with E-state index in [2.05, 4.69) is 15.9 Å². The predicted octanol–water partition coefficient (Wildman–Crippen LogP) is 4.65. The molecule has 1 amide bonds. The summed E-state index contributed by atoms with van der Waals surface area (Å²) < 4.78 is 43.8. The van der Waals surface area contributed by atoms with E-state index in [4.69, 9.17) is 4.42 Å². The molecule has 1 aromatic heterocycles. The first-order valence-electron chi connectivity index (χ1n) is 6.66. The van der Waals surface area contributed by atoms with Gasteiger partial charge in [0.05, 0.1) is 12.8 Å². The molecule has 0 fully saturated rings. The summed E-state index contributed by atoms with van der Waals surface area (Å²) in [5.74, 6) is -0.452. The molecule has 0 saturated carbocycles. The van der Waals surface area contributed by atoms with Gasteiger partial charge in [-0.25, -0.2) is 0 Å². The summed E-state index contributed by atoms with van der Waals surface area (Å²) in [4.78, 5) is 12.8. The monoisotopic (exact) mass is 387 g/mol. The smallest absolute Gasteiger partial charge is 0.406 e. The third-order valence-corrected chi connectivity index (χ3v) is 3.64. The van der Waals surface area contributed by atoms with Crippen molar-refractivity contribution in [2.75, 3.05) is 6.54 Å². The molecule has 0 N–H and O–H groups in total. The molecule has 0 unspecified atom stereocenters. The fourth-order valence-corrected chi connectivity index (χ4v) is 2.31. The number of carbonyl (C=O) groups is 1. The van der Waals surface area contributed by atoms with Gasteiger partial charge in [-0.2, -0.15) is 13.2 Å². The van der Waals surface area contributed by atoms with Crippen molar-refractivity contribution in [1.29, 1.82) is 0 Å². The van der Waals surface area contributed by atoms with Crippen LogP contribution in [0, 0.1) is 0 Å². The van der Waals surface area contributed by atoms with Gasteiger partial charge in [0.1, 0.15) is 12.3 Å². The number of carbonyl (C=O) groups excluding carboxylic acids is 1. The molecule has 2 rings (SSSR count). The summed E-state index contributed by atoms with van der Waals surface area (Å²) in [5, 5.41) is 0. The summed E-state index contributed by atoms with van der Waals surface area (Å²) in [6.45, 7) is -1.58. The Morgan fingerprint density at radius 3 is 2.57 bits per heavy atom. The molecule has 2 aromatic rings. The first kappa shape index (κ1) is 17.3. The Hall–Kier alpha value is -2.02. The van der Waals surface area contributed by atoms with Crippen LogP contribution in [0.25, 0.3) is 6.08 Å². The lowest BCUT2D eigenvalue weighted by Gasteiger charge is -2.21. The van der Waals surface area contributed by atoms with Crippen molar-refractivity contribution in [3.8, 4) is 0 Å². The SMILES string of the molecule is O=C(/C=C/c1ccccc1Br)N(Cc1ccco1)CC(F)(F)F. The minimum atomic E-state index is -4.48. The number of alkyl halides is 3. The lowest BCUT2D eigenvalue weighted by Crippen LogP contribution is -2.37.